The van der Waals surface area contributed by atoms with E-state index in [9.17, 15) is 18.0 Å². The summed E-state index contributed by atoms with van der Waals surface area (Å²) in [6, 6.07) is 0. The topological polar surface area (TPSA) is 43.1 Å². The van der Waals surface area contributed by atoms with Gasteiger partial charge in [-0.3, -0.25) is 4.79 Å². The Labute approximate surface area is 97.1 Å². The molecule has 0 aromatic heterocycles. The molecule has 0 atom stereocenters. The van der Waals surface area contributed by atoms with Crippen LogP contribution in [0.2, 0.25) is 0 Å². The molecule has 0 radical (unpaired) electrons. The number of amides is 1. The van der Waals surface area contributed by atoms with Crippen molar-refractivity contribution in [1.82, 2.24) is 0 Å². The normalized spacial score (nSPS) is 14.5. The lowest BCUT2D eigenvalue weighted by molar-refractivity contribution is -0.115. The maximum Gasteiger partial charge on any atom is 0.415 e. The van der Waals surface area contributed by atoms with Crippen molar-refractivity contribution in [1.29, 1.82) is 0 Å². The zero-order chi connectivity index (χ0) is 10.9. The number of carbonyl (C=O) groups excluding carboxylic acids is 1. The highest BCUT2D eigenvalue weighted by Gasteiger charge is 2.44. The molecule has 0 saturated carbocycles. The minimum atomic E-state index is -4.65. The number of primary amides is 1. The quantitative estimate of drug-likeness (QED) is 0.544. The van der Waals surface area contributed by atoms with Gasteiger partial charge in [-0.15, -0.1) is 0 Å². The minimum absolute atomic E-state index is 0.290. The molecule has 0 unspecified atom stereocenters. The lowest BCUT2D eigenvalue weighted by Gasteiger charge is -2.19. The van der Waals surface area contributed by atoms with E-state index < -0.39 is 19.8 Å². The highest BCUT2D eigenvalue weighted by Crippen LogP contribution is 2.47. The molecule has 2 nitrogen and oxygen atoms in total. The van der Waals surface area contributed by atoms with Crippen LogP contribution in [0.15, 0.2) is 11.6 Å². The van der Waals surface area contributed by atoms with Crippen LogP contribution in [0, 0.1) is 0 Å². The van der Waals surface area contributed by atoms with E-state index in [1.807, 2.05) is 0 Å². The molecule has 0 heterocycles. The fourth-order valence-corrected chi connectivity index (χ4v) is 1.48. The second kappa shape index (κ2) is 4.31. The van der Waals surface area contributed by atoms with Gasteiger partial charge in [-0.25, -0.2) is 0 Å². The summed E-state index contributed by atoms with van der Waals surface area (Å²) in [7, 11) is 0. The van der Waals surface area contributed by atoms with E-state index in [-0.39, 0.29) is 6.08 Å². The molecule has 0 aliphatic carbocycles. The summed E-state index contributed by atoms with van der Waals surface area (Å²) in [6.45, 7) is 0. The lowest BCUT2D eigenvalue weighted by atomic mass is 10.3. The Kier molecular flexibility index (Phi) is 4.45. The number of rotatable bonds is 1. The summed E-state index contributed by atoms with van der Waals surface area (Å²) < 4.78 is 34.9. The maximum atomic E-state index is 12.2. The molecule has 1 amide bonds. The Balaban J connectivity index is 5.13. The SMILES string of the molecule is NC(=O)C=C(C(F)(F)F)C(Br)(Br)Br. The summed E-state index contributed by atoms with van der Waals surface area (Å²) in [4.78, 5) is 10.3. The van der Waals surface area contributed by atoms with Gasteiger partial charge in [-0.2, -0.15) is 13.2 Å². The van der Waals surface area contributed by atoms with Gasteiger partial charge in [0, 0.05) is 6.08 Å². The first-order chi connectivity index (χ1) is 5.55. The van der Waals surface area contributed by atoms with Gasteiger partial charge in [-0.1, -0.05) is 47.8 Å². The molecule has 13 heavy (non-hydrogen) atoms. The first-order valence-corrected chi connectivity index (χ1v) is 5.08. The average Bonchev–Trinajstić information content (AvgIpc) is 1.77. The fraction of sp³-hybridized carbons (Fsp3) is 0.400. The van der Waals surface area contributed by atoms with Crippen molar-refractivity contribution in [3.63, 3.8) is 0 Å². The molecule has 0 aliphatic rings. The van der Waals surface area contributed by atoms with E-state index in [1.54, 1.807) is 0 Å². The average molecular weight is 390 g/mol. The summed E-state index contributed by atoms with van der Waals surface area (Å²) in [5, 5.41) is 0. The van der Waals surface area contributed by atoms with E-state index in [0.717, 1.165) is 0 Å². The van der Waals surface area contributed by atoms with Gasteiger partial charge >= 0.3 is 6.18 Å². The zero-order valence-electron chi connectivity index (χ0n) is 5.83. The Bertz CT molecular complexity index is 226. The smallest absolute Gasteiger partial charge is 0.366 e. The van der Waals surface area contributed by atoms with Crippen LogP contribution in [0.3, 0.4) is 0 Å². The number of halogens is 6. The zero-order valence-corrected chi connectivity index (χ0v) is 10.6. The molecule has 0 saturated heterocycles. The number of carbonyl (C=O) groups is 1. The first-order valence-electron chi connectivity index (χ1n) is 2.70. The van der Waals surface area contributed by atoms with Crippen LogP contribution in [-0.4, -0.2) is 14.2 Å². The third-order valence-corrected chi connectivity index (χ3v) is 2.18. The molecule has 0 aromatic rings. The third kappa shape index (κ3) is 5.02. The second-order valence-corrected chi connectivity index (χ2v) is 8.72. The second-order valence-electron chi connectivity index (χ2n) is 1.96. The monoisotopic (exact) mass is 387 g/mol. The number of allylic oxidation sites excluding steroid dienone is 1. The van der Waals surface area contributed by atoms with Crippen LogP contribution < -0.4 is 5.73 Å². The van der Waals surface area contributed by atoms with E-state index in [0.29, 0.717) is 0 Å². The van der Waals surface area contributed by atoms with Crippen molar-refractivity contribution < 1.29 is 18.0 Å². The molecule has 0 fully saturated rings. The Morgan fingerprint density at radius 3 is 1.69 bits per heavy atom. The van der Waals surface area contributed by atoms with Gasteiger partial charge in [0.15, 0.2) is 2.14 Å². The summed E-state index contributed by atoms with van der Waals surface area (Å²) in [5.74, 6) is -1.17. The van der Waals surface area contributed by atoms with E-state index in [4.69, 9.17) is 0 Å². The fourth-order valence-electron chi connectivity index (χ4n) is 0.467. The van der Waals surface area contributed by atoms with Crippen LogP contribution in [0.25, 0.3) is 0 Å². The van der Waals surface area contributed by atoms with Crippen molar-refractivity contribution in [2.24, 2.45) is 5.73 Å². The highest BCUT2D eigenvalue weighted by atomic mass is 80.0. The molecule has 0 aliphatic heterocycles. The molecule has 8 heteroatoms. The van der Waals surface area contributed by atoms with Crippen molar-refractivity contribution in [3.8, 4) is 0 Å². The molecule has 0 rings (SSSR count). The van der Waals surface area contributed by atoms with Gasteiger partial charge < -0.3 is 5.73 Å². The lowest BCUT2D eigenvalue weighted by Crippen LogP contribution is -2.25. The van der Waals surface area contributed by atoms with Crippen LogP contribution >= 0.6 is 47.8 Å². The standard InChI is InChI=1S/C5H3Br3F3NO/c6-4(7,8)2(1-3(12)13)5(9,10)11/h1H,(H2,12,13). The first kappa shape index (κ1) is 13.4. The largest absolute Gasteiger partial charge is 0.415 e. The van der Waals surface area contributed by atoms with Gasteiger partial charge in [0.05, 0.1) is 5.57 Å². The third-order valence-electron chi connectivity index (χ3n) is 0.897. The number of hydrogen-bond donors (Lipinski definition) is 1. The van der Waals surface area contributed by atoms with E-state index in [1.165, 1.54) is 0 Å². The maximum absolute atomic E-state index is 12.2. The molecular weight excluding hydrogens is 387 g/mol. The number of nitrogens with two attached hydrogens (primary N) is 1. The van der Waals surface area contributed by atoms with Crippen molar-refractivity contribution in [3.05, 3.63) is 11.6 Å². The van der Waals surface area contributed by atoms with Gasteiger partial charge in [0.25, 0.3) is 0 Å². The predicted octanol–water partition coefficient (Wildman–Crippen LogP) is 2.80. The Hall–Kier alpha value is 0.440. The van der Waals surface area contributed by atoms with Gasteiger partial charge in [-0.05, 0) is 0 Å². The molecule has 0 bridgehead atoms. The molecule has 0 aromatic carbocycles. The van der Waals surface area contributed by atoms with Gasteiger partial charge in [0.1, 0.15) is 0 Å². The Morgan fingerprint density at radius 2 is 1.62 bits per heavy atom. The van der Waals surface area contributed by atoms with Crippen LogP contribution in [0.5, 0.6) is 0 Å². The molecule has 76 valence electrons. The van der Waals surface area contributed by atoms with Gasteiger partial charge in [0.2, 0.25) is 5.91 Å². The van der Waals surface area contributed by atoms with Crippen molar-refractivity contribution >= 4 is 53.7 Å². The van der Waals surface area contributed by atoms with Crippen LogP contribution in [0.1, 0.15) is 0 Å². The molecule has 0 spiro atoms. The van der Waals surface area contributed by atoms with Crippen LogP contribution in [-0.2, 0) is 4.79 Å². The van der Waals surface area contributed by atoms with E-state index in [2.05, 4.69) is 53.5 Å². The predicted molar refractivity (Wildman–Crippen MR) is 52.8 cm³/mol. The van der Waals surface area contributed by atoms with E-state index >= 15 is 0 Å². The molecular formula is C5H3Br3F3NO. The summed E-state index contributed by atoms with van der Waals surface area (Å²) >= 11 is 7.94. The Morgan fingerprint density at radius 1 is 1.23 bits per heavy atom. The van der Waals surface area contributed by atoms with Crippen LogP contribution in [0.4, 0.5) is 13.2 Å². The van der Waals surface area contributed by atoms with Crippen molar-refractivity contribution in [2.45, 2.75) is 8.32 Å². The highest BCUT2D eigenvalue weighted by molar-refractivity contribution is 9.39. The van der Waals surface area contributed by atoms with Crippen molar-refractivity contribution in [2.75, 3.05) is 0 Å². The number of hydrogen-bond acceptors (Lipinski definition) is 1. The summed E-state index contributed by atoms with van der Waals surface area (Å²) in [6.07, 6.45) is -4.36. The number of alkyl halides is 6. The molecule has 2 N–H and O–H groups in total. The summed E-state index contributed by atoms with van der Waals surface area (Å²) in [5.41, 5.74) is 3.45. The minimum Gasteiger partial charge on any atom is -0.366 e.